The normalized spacial score (nSPS) is 13.7. The number of nitrogens with one attached hydrogen (secondary N) is 1. The van der Waals surface area contributed by atoms with Crippen molar-refractivity contribution < 1.29 is 4.79 Å². The summed E-state index contributed by atoms with van der Waals surface area (Å²) in [7, 11) is 0.950. The first-order chi connectivity index (χ1) is 11.7. The van der Waals surface area contributed by atoms with Gasteiger partial charge < -0.3 is 5.32 Å². The first-order valence-electron chi connectivity index (χ1n) is 8.16. The Bertz CT molecular complexity index is 934. The molecule has 1 aromatic heterocycles. The predicted octanol–water partition coefficient (Wildman–Crippen LogP) is 3.18. The van der Waals surface area contributed by atoms with Crippen LogP contribution >= 0.6 is 0 Å². The van der Waals surface area contributed by atoms with Crippen LogP contribution in [0.15, 0.2) is 48.5 Å². The summed E-state index contributed by atoms with van der Waals surface area (Å²) in [6, 6.07) is 15.3. The molecule has 0 radical (unpaired) electrons. The van der Waals surface area contributed by atoms with Crippen LogP contribution in [-0.2, 0) is 0 Å². The van der Waals surface area contributed by atoms with Crippen molar-refractivity contribution in [3.63, 3.8) is 0 Å². The molecule has 0 spiro atoms. The first-order valence-corrected chi connectivity index (χ1v) is 8.16. The summed E-state index contributed by atoms with van der Waals surface area (Å²) in [6.07, 6.45) is 0. The van der Waals surface area contributed by atoms with E-state index in [1.54, 1.807) is 0 Å². The average molecular weight is 316 g/mol. The molecule has 0 saturated heterocycles. The van der Waals surface area contributed by atoms with Gasteiger partial charge in [-0.05, 0) is 12.1 Å². The second kappa shape index (κ2) is 5.63. The lowest BCUT2D eigenvalue weighted by Gasteiger charge is -2.20. The summed E-state index contributed by atoms with van der Waals surface area (Å²) in [5, 5.41) is 11.9. The van der Waals surface area contributed by atoms with Gasteiger partial charge in [0.1, 0.15) is 13.0 Å². The van der Waals surface area contributed by atoms with E-state index >= 15 is 0 Å². The van der Waals surface area contributed by atoms with E-state index in [0.29, 0.717) is 5.56 Å². The minimum atomic E-state index is -0.123. The maximum Gasteiger partial charge on any atom is 0.256 e. The number of benzene rings is 2. The van der Waals surface area contributed by atoms with Crippen LogP contribution in [0.25, 0.3) is 22.5 Å². The number of para-hydroxylation sites is 1. The van der Waals surface area contributed by atoms with Crippen molar-refractivity contribution in [1.29, 1.82) is 0 Å². The fourth-order valence-corrected chi connectivity index (χ4v) is 3.08. The molecule has 118 valence electrons. The third-order valence-electron chi connectivity index (χ3n) is 4.56. The smallest absolute Gasteiger partial charge is 0.256 e. The lowest BCUT2D eigenvalue weighted by Crippen LogP contribution is -2.18. The third-order valence-corrected chi connectivity index (χ3v) is 4.56. The van der Waals surface area contributed by atoms with Crippen LogP contribution < -0.4 is 5.32 Å². The summed E-state index contributed by atoms with van der Waals surface area (Å²) in [5.74, 6) is 0.0957. The van der Waals surface area contributed by atoms with E-state index in [9.17, 15) is 4.79 Å². The van der Waals surface area contributed by atoms with Gasteiger partial charge in [0.25, 0.3) is 5.91 Å². The average Bonchev–Trinajstić information content (AvgIpc) is 3.04. The fourth-order valence-electron chi connectivity index (χ4n) is 3.08. The van der Waals surface area contributed by atoms with Crippen molar-refractivity contribution in [3.8, 4) is 22.5 Å². The number of nitrogens with zero attached hydrogens (tertiary/aromatic N) is 3. The molecule has 0 unspecified atom stereocenters. The number of carbonyl (C=O) groups is 1. The Morgan fingerprint density at radius 1 is 1.04 bits per heavy atom. The van der Waals surface area contributed by atoms with Crippen molar-refractivity contribution >= 4 is 18.9 Å². The number of fused-ring (bicyclic) bond motifs is 5. The molecule has 1 N–H and O–H groups in total. The highest BCUT2D eigenvalue weighted by molar-refractivity contribution is 6.34. The van der Waals surface area contributed by atoms with Crippen LogP contribution in [0.4, 0.5) is 5.69 Å². The Kier molecular flexibility index (Phi) is 3.45. The van der Waals surface area contributed by atoms with E-state index in [2.05, 4.69) is 29.4 Å². The molecule has 3 aromatic rings. The van der Waals surface area contributed by atoms with Gasteiger partial charge in [-0.3, -0.25) is 4.79 Å². The highest BCUT2D eigenvalue weighted by Crippen LogP contribution is 2.39. The van der Waals surface area contributed by atoms with Gasteiger partial charge in [-0.2, -0.15) is 0 Å². The van der Waals surface area contributed by atoms with E-state index in [0.717, 1.165) is 35.5 Å². The minimum absolute atomic E-state index is 0.123. The topological polar surface area (TPSA) is 59.8 Å². The molecule has 0 bridgehead atoms. The Hall–Kier alpha value is -2.89. The number of anilines is 1. The molecule has 6 heteroatoms. The van der Waals surface area contributed by atoms with Gasteiger partial charge >= 0.3 is 0 Å². The van der Waals surface area contributed by atoms with E-state index in [1.165, 1.54) is 0 Å². The molecule has 2 aromatic carbocycles. The predicted molar refractivity (Wildman–Crippen MR) is 96.6 cm³/mol. The van der Waals surface area contributed by atoms with Gasteiger partial charge in [-0.15, -0.1) is 5.10 Å². The van der Waals surface area contributed by atoms with Gasteiger partial charge in [0.15, 0.2) is 0 Å². The lowest BCUT2D eigenvalue weighted by atomic mass is 9.73. The molecule has 0 aliphatic carbocycles. The van der Waals surface area contributed by atoms with Gasteiger partial charge in [0.05, 0.1) is 11.4 Å². The van der Waals surface area contributed by atoms with Gasteiger partial charge in [-0.25, -0.2) is 4.68 Å². The quantitative estimate of drug-likeness (QED) is 0.739. The van der Waals surface area contributed by atoms with Crippen LogP contribution in [-0.4, -0.2) is 28.2 Å². The second-order valence-corrected chi connectivity index (χ2v) is 6.03. The largest absolute Gasteiger partial charge is 0.321 e. The maximum absolute atomic E-state index is 12.7. The van der Waals surface area contributed by atoms with Crippen LogP contribution in [0.1, 0.15) is 23.2 Å². The van der Waals surface area contributed by atoms with Gasteiger partial charge in [0.2, 0.25) is 0 Å². The van der Waals surface area contributed by atoms with Crippen molar-refractivity contribution in [1.82, 2.24) is 15.0 Å². The van der Waals surface area contributed by atoms with E-state index < -0.39 is 0 Å². The molecular weight excluding hydrogens is 299 g/mol. The summed E-state index contributed by atoms with van der Waals surface area (Å²) in [4.78, 5) is 12.7. The summed E-state index contributed by atoms with van der Waals surface area (Å²) < 4.78 is 1.96. The zero-order valence-electron chi connectivity index (χ0n) is 13.7. The van der Waals surface area contributed by atoms with Crippen molar-refractivity contribution in [2.24, 2.45) is 0 Å². The van der Waals surface area contributed by atoms with Crippen LogP contribution in [0.2, 0.25) is 6.82 Å². The van der Waals surface area contributed by atoms with Crippen LogP contribution in [0.3, 0.4) is 0 Å². The molecule has 0 fully saturated rings. The number of hydrogen-bond acceptors (Lipinski definition) is 3. The molecule has 1 atom stereocenters. The molecular formula is C18H17BN4O. The highest BCUT2D eigenvalue weighted by atomic mass is 16.1. The SMILES string of the molecule is CB[C@@H](C)n1nnc2c1-c1ccccc1NC(=O)c1ccccc1-2. The molecule has 1 amide bonds. The number of amides is 1. The Morgan fingerprint density at radius 3 is 2.46 bits per heavy atom. The molecule has 4 rings (SSSR count). The van der Waals surface area contributed by atoms with Crippen LogP contribution in [0, 0.1) is 0 Å². The van der Waals surface area contributed by atoms with E-state index in [-0.39, 0.29) is 11.8 Å². The van der Waals surface area contributed by atoms with Crippen LogP contribution in [0.5, 0.6) is 0 Å². The number of aromatic nitrogens is 3. The number of rotatable bonds is 2. The molecule has 24 heavy (non-hydrogen) atoms. The van der Waals surface area contributed by atoms with E-state index in [4.69, 9.17) is 0 Å². The monoisotopic (exact) mass is 316 g/mol. The second-order valence-electron chi connectivity index (χ2n) is 6.03. The standard InChI is InChI=1S/C18H17BN4O/c1-11(19-2)23-17-14-9-5-6-10-15(14)20-18(24)13-8-4-3-7-12(13)16(17)21-22-23/h3-11,19H,1-2H3,(H,20,24)/t11-/m1/s1. The molecule has 0 saturated carbocycles. The van der Waals surface area contributed by atoms with Gasteiger partial charge in [-0.1, -0.05) is 55.4 Å². The number of hydrogen-bond donors (Lipinski definition) is 1. The van der Waals surface area contributed by atoms with Crippen molar-refractivity contribution in [2.45, 2.75) is 19.7 Å². The molecule has 2 heterocycles. The Morgan fingerprint density at radius 2 is 1.71 bits per heavy atom. The van der Waals surface area contributed by atoms with Gasteiger partial charge in [0, 0.05) is 22.6 Å². The first kappa shape index (κ1) is 14.7. The lowest BCUT2D eigenvalue weighted by molar-refractivity contribution is 0.102. The summed E-state index contributed by atoms with van der Waals surface area (Å²) in [5.41, 5.74) is 4.87. The van der Waals surface area contributed by atoms with E-state index in [1.807, 2.05) is 53.2 Å². The minimum Gasteiger partial charge on any atom is -0.321 e. The number of carbonyl (C=O) groups excluding carboxylic acids is 1. The zero-order valence-corrected chi connectivity index (χ0v) is 13.7. The van der Waals surface area contributed by atoms with Crippen molar-refractivity contribution in [3.05, 3.63) is 54.1 Å². The van der Waals surface area contributed by atoms with Crippen molar-refractivity contribution in [2.75, 3.05) is 5.32 Å². The third kappa shape index (κ3) is 2.14. The highest BCUT2D eigenvalue weighted by Gasteiger charge is 2.27. The zero-order chi connectivity index (χ0) is 16.7. The molecule has 1 aliphatic heterocycles. The summed E-state index contributed by atoms with van der Waals surface area (Å²) in [6.45, 7) is 4.25. The maximum atomic E-state index is 12.7. The summed E-state index contributed by atoms with van der Waals surface area (Å²) >= 11 is 0. The Balaban J connectivity index is 2.09. The Labute approximate surface area is 140 Å². The molecule has 1 aliphatic rings. The fraction of sp³-hybridized carbons (Fsp3) is 0.167. The molecule has 5 nitrogen and oxygen atoms in total.